The van der Waals surface area contributed by atoms with Crippen LogP contribution in [-0.4, -0.2) is 91.5 Å². The van der Waals surface area contributed by atoms with Gasteiger partial charge >= 0.3 is 6.03 Å². The number of ether oxygens (including phenoxy) is 2. The fourth-order valence-electron chi connectivity index (χ4n) is 4.15. The molecule has 2 N–H and O–H groups in total. The Labute approximate surface area is 206 Å². The highest BCUT2D eigenvalue weighted by molar-refractivity contribution is 5.91. The minimum absolute atomic E-state index is 0.170. The van der Waals surface area contributed by atoms with Gasteiger partial charge in [-0.1, -0.05) is 18.2 Å². The van der Waals surface area contributed by atoms with E-state index in [2.05, 4.69) is 32.4 Å². The Hall–Kier alpha value is -3.56. The topological polar surface area (TPSA) is 86.0 Å². The first-order valence-corrected chi connectivity index (χ1v) is 11.8. The van der Waals surface area contributed by atoms with Crippen LogP contribution in [0.5, 0.6) is 11.5 Å². The molecule has 35 heavy (non-hydrogen) atoms. The number of aromatic amines is 1. The van der Waals surface area contributed by atoms with Gasteiger partial charge in [-0.2, -0.15) is 5.10 Å². The van der Waals surface area contributed by atoms with Gasteiger partial charge in [-0.3, -0.25) is 10.00 Å². The van der Waals surface area contributed by atoms with Crippen LogP contribution >= 0.6 is 0 Å². The van der Waals surface area contributed by atoms with Crippen LogP contribution in [0.1, 0.15) is 5.56 Å². The third-order valence-electron chi connectivity index (χ3n) is 6.35. The molecule has 186 valence electrons. The van der Waals surface area contributed by atoms with Crippen LogP contribution in [0.25, 0.3) is 11.1 Å². The van der Waals surface area contributed by atoms with Crippen LogP contribution in [0.3, 0.4) is 0 Å². The predicted octanol–water partition coefficient (Wildman–Crippen LogP) is 3.38. The van der Waals surface area contributed by atoms with Crippen molar-refractivity contribution >= 4 is 11.7 Å². The number of carbonyl (C=O) groups excluding carboxylic acids is 1. The molecule has 2 amide bonds. The molecule has 0 aliphatic carbocycles. The highest BCUT2D eigenvalue weighted by atomic mass is 16.5. The molecule has 0 bridgehead atoms. The lowest BCUT2D eigenvalue weighted by atomic mass is 10.1. The summed E-state index contributed by atoms with van der Waals surface area (Å²) in [7, 11) is 5.40. The zero-order valence-electron chi connectivity index (χ0n) is 20.7. The molecule has 9 nitrogen and oxygen atoms in total. The lowest BCUT2D eigenvalue weighted by Gasteiger charge is -2.34. The Kier molecular flexibility index (Phi) is 8.23. The number of nitrogens with zero attached hydrogens (tertiary/aromatic N) is 4. The van der Waals surface area contributed by atoms with E-state index in [9.17, 15) is 4.79 Å². The van der Waals surface area contributed by atoms with E-state index >= 15 is 0 Å². The molecule has 4 rings (SSSR count). The van der Waals surface area contributed by atoms with Crippen molar-refractivity contribution in [3.05, 3.63) is 60.4 Å². The smallest absolute Gasteiger partial charge is 0.322 e. The van der Waals surface area contributed by atoms with Crippen molar-refractivity contribution in [3.63, 3.8) is 0 Å². The maximum Gasteiger partial charge on any atom is 0.322 e. The summed E-state index contributed by atoms with van der Waals surface area (Å²) >= 11 is 0. The van der Waals surface area contributed by atoms with Gasteiger partial charge in [0.2, 0.25) is 0 Å². The molecule has 0 atom stereocenters. The molecular formula is C26H34N6O3. The number of urea groups is 1. The number of aromatic nitrogens is 2. The van der Waals surface area contributed by atoms with Crippen LogP contribution in [0, 0.1) is 0 Å². The second-order valence-corrected chi connectivity index (χ2v) is 8.75. The van der Waals surface area contributed by atoms with Gasteiger partial charge in [0.1, 0.15) is 11.5 Å². The Morgan fingerprint density at radius 1 is 1.09 bits per heavy atom. The molecule has 3 aromatic rings. The molecule has 0 radical (unpaired) electrons. The van der Waals surface area contributed by atoms with Gasteiger partial charge in [0.05, 0.1) is 26.1 Å². The van der Waals surface area contributed by atoms with E-state index in [1.54, 1.807) is 20.4 Å². The monoisotopic (exact) mass is 478 g/mol. The van der Waals surface area contributed by atoms with Crippen LogP contribution in [-0.2, 0) is 6.54 Å². The van der Waals surface area contributed by atoms with E-state index in [0.717, 1.165) is 55.2 Å². The lowest BCUT2D eigenvalue weighted by Crippen LogP contribution is -2.48. The van der Waals surface area contributed by atoms with Crippen molar-refractivity contribution in [3.8, 4) is 22.6 Å². The number of rotatable bonds is 9. The minimum Gasteiger partial charge on any atom is -0.497 e. The number of nitrogens with one attached hydrogen (secondary N) is 2. The average Bonchev–Trinajstić information content (AvgIpc) is 3.43. The van der Waals surface area contributed by atoms with E-state index in [1.807, 2.05) is 53.6 Å². The number of hydrogen-bond acceptors (Lipinski definition) is 6. The fourth-order valence-corrected chi connectivity index (χ4v) is 4.15. The molecular weight excluding hydrogens is 444 g/mol. The number of methoxy groups -OCH3 is 2. The minimum atomic E-state index is -0.170. The first-order chi connectivity index (χ1) is 17.1. The van der Waals surface area contributed by atoms with Crippen molar-refractivity contribution in [1.29, 1.82) is 0 Å². The van der Waals surface area contributed by atoms with Crippen molar-refractivity contribution in [2.24, 2.45) is 0 Å². The van der Waals surface area contributed by atoms with Gasteiger partial charge in [0.15, 0.2) is 0 Å². The Morgan fingerprint density at radius 2 is 1.91 bits per heavy atom. The Bertz CT molecular complexity index is 1100. The summed E-state index contributed by atoms with van der Waals surface area (Å²) in [4.78, 5) is 20.0. The summed E-state index contributed by atoms with van der Waals surface area (Å²) in [6.07, 6.45) is 3.57. The summed E-state index contributed by atoms with van der Waals surface area (Å²) in [5, 5.41) is 9.88. The number of H-pyrrole nitrogens is 1. The van der Waals surface area contributed by atoms with Crippen molar-refractivity contribution in [1.82, 2.24) is 24.9 Å². The number of hydrogen-bond donors (Lipinski definition) is 2. The molecule has 9 heteroatoms. The third kappa shape index (κ3) is 6.52. The molecule has 0 saturated carbocycles. The number of piperazine rings is 1. The molecule has 2 aromatic carbocycles. The van der Waals surface area contributed by atoms with Gasteiger partial charge in [0.25, 0.3) is 0 Å². The second-order valence-electron chi connectivity index (χ2n) is 8.75. The summed E-state index contributed by atoms with van der Waals surface area (Å²) < 4.78 is 11.0. The molecule has 1 fully saturated rings. The standard InChI is InChI=1S/C26H34N6O3/c1-30-9-11-31(12-10-30)13-14-32(19-20-5-4-6-23(15-20)34-2)26(33)29-24-8-7-21(16-25(24)35-3)22-17-27-28-18-22/h4-8,15-18H,9-14,19H2,1-3H3,(H,27,28)(H,29,33). The number of likely N-dealkylation sites (N-methyl/N-ethyl adjacent to an activating group) is 1. The largest absolute Gasteiger partial charge is 0.497 e. The predicted molar refractivity (Wildman–Crippen MR) is 137 cm³/mol. The van der Waals surface area contributed by atoms with Crippen molar-refractivity contribution < 1.29 is 14.3 Å². The fraction of sp³-hybridized carbons (Fsp3) is 0.385. The van der Waals surface area contributed by atoms with Crippen molar-refractivity contribution in [2.45, 2.75) is 6.54 Å². The van der Waals surface area contributed by atoms with Crippen LogP contribution in [0.4, 0.5) is 10.5 Å². The SMILES string of the molecule is COc1cccc(CN(CCN2CCN(C)CC2)C(=O)Nc2ccc(-c3cn[nH]c3)cc2OC)c1. The van der Waals surface area contributed by atoms with Gasteiger partial charge in [-0.15, -0.1) is 0 Å². The number of benzene rings is 2. The molecule has 1 saturated heterocycles. The van der Waals surface area contributed by atoms with Gasteiger partial charge in [-0.25, -0.2) is 4.79 Å². The van der Waals surface area contributed by atoms with Crippen LogP contribution in [0.2, 0.25) is 0 Å². The third-order valence-corrected chi connectivity index (χ3v) is 6.35. The average molecular weight is 479 g/mol. The number of anilines is 1. The molecule has 0 spiro atoms. The first-order valence-electron chi connectivity index (χ1n) is 11.8. The molecule has 1 aromatic heterocycles. The highest BCUT2D eigenvalue weighted by Crippen LogP contribution is 2.30. The first kappa shape index (κ1) is 24.6. The quantitative estimate of drug-likeness (QED) is 0.491. The van der Waals surface area contributed by atoms with E-state index in [-0.39, 0.29) is 6.03 Å². The second kappa shape index (κ2) is 11.7. The van der Waals surface area contributed by atoms with Gasteiger partial charge < -0.3 is 24.6 Å². The summed E-state index contributed by atoms with van der Waals surface area (Å²) in [5.74, 6) is 1.37. The van der Waals surface area contributed by atoms with Gasteiger partial charge in [0, 0.05) is 57.6 Å². The summed E-state index contributed by atoms with van der Waals surface area (Å²) in [6, 6.07) is 13.4. The van der Waals surface area contributed by atoms with Crippen LogP contribution < -0.4 is 14.8 Å². The zero-order chi connectivity index (χ0) is 24.6. The van der Waals surface area contributed by atoms with E-state index < -0.39 is 0 Å². The Balaban J connectivity index is 1.49. The Morgan fingerprint density at radius 3 is 2.63 bits per heavy atom. The maximum atomic E-state index is 13.5. The highest BCUT2D eigenvalue weighted by Gasteiger charge is 2.20. The van der Waals surface area contributed by atoms with Crippen LogP contribution in [0.15, 0.2) is 54.9 Å². The van der Waals surface area contributed by atoms with Crippen molar-refractivity contribution in [2.75, 3.05) is 65.9 Å². The maximum absolute atomic E-state index is 13.5. The van der Waals surface area contributed by atoms with E-state index in [0.29, 0.717) is 24.5 Å². The molecule has 1 aliphatic heterocycles. The lowest BCUT2D eigenvalue weighted by molar-refractivity contribution is 0.138. The number of carbonyl (C=O) groups is 1. The van der Waals surface area contributed by atoms with E-state index in [4.69, 9.17) is 9.47 Å². The number of amides is 2. The zero-order valence-corrected chi connectivity index (χ0v) is 20.7. The summed E-state index contributed by atoms with van der Waals surface area (Å²) in [6.45, 7) is 6.02. The van der Waals surface area contributed by atoms with Gasteiger partial charge in [-0.05, 0) is 42.4 Å². The normalized spacial score (nSPS) is 14.5. The molecule has 1 aliphatic rings. The summed E-state index contributed by atoms with van der Waals surface area (Å²) in [5.41, 5.74) is 3.55. The molecule has 2 heterocycles. The molecule has 0 unspecified atom stereocenters. The van der Waals surface area contributed by atoms with E-state index in [1.165, 1.54) is 0 Å².